The van der Waals surface area contributed by atoms with Crippen LogP contribution in [0.1, 0.15) is 17.0 Å². The molecule has 128 valence electrons. The summed E-state index contributed by atoms with van der Waals surface area (Å²) in [5.74, 6) is 0.968. The van der Waals surface area contributed by atoms with Crippen LogP contribution in [0.15, 0.2) is 30.6 Å². The second kappa shape index (κ2) is 7.49. The van der Waals surface area contributed by atoms with Crippen LogP contribution < -0.4 is 10.1 Å². The van der Waals surface area contributed by atoms with Crippen molar-refractivity contribution in [2.24, 2.45) is 0 Å². The van der Waals surface area contributed by atoms with E-state index in [0.29, 0.717) is 19.7 Å². The predicted octanol–water partition coefficient (Wildman–Crippen LogP) is 1.51. The van der Waals surface area contributed by atoms with E-state index in [4.69, 9.17) is 4.74 Å². The van der Waals surface area contributed by atoms with Gasteiger partial charge in [0.15, 0.2) is 0 Å². The van der Waals surface area contributed by atoms with Gasteiger partial charge >= 0.3 is 0 Å². The molecule has 2 heterocycles. The number of hydrogen-bond acceptors (Lipinski definition) is 4. The molecule has 0 atom stereocenters. The molecule has 1 aromatic carbocycles. The molecular weight excluding hydrogens is 304 g/mol. The van der Waals surface area contributed by atoms with E-state index in [2.05, 4.69) is 25.8 Å². The van der Waals surface area contributed by atoms with Crippen LogP contribution in [-0.2, 0) is 17.9 Å². The van der Waals surface area contributed by atoms with Gasteiger partial charge in [-0.2, -0.15) is 0 Å². The van der Waals surface area contributed by atoms with Gasteiger partial charge in [0.25, 0.3) is 0 Å². The first-order chi connectivity index (χ1) is 11.6. The lowest BCUT2D eigenvalue weighted by Crippen LogP contribution is -2.39. The maximum atomic E-state index is 12.2. The van der Waals surface area contributed by atoms with Crippen molar-refractivity contribution in [3.05, 3.63) is 47.5 Å². The third-order valence-corrected chi connectivity index (χ3v) is 4.42. The fourth-order valence-corrected chi connectivity index (χ4v) is 2.86. The normalized spacial score (nSPS) is 14.6. The van der Waals surface area contributed by atoms with E-state index in [1.54, 1.807) is 0 Å². The number of amides is 1. The number of aryl methyl sites for hydroxylation is 1. The molecular formula is C18H24N4O2. The number of benzene rings is 1. The van der Waals surface area contributed by atoms with Gasteiger partial charge in [-0.05, 0) is 19.9 Å². The maximum Gasteiger partial charge on any atom is 0.234 e. The molecule has 1 aliphatic heterocycles. The highest BCUT2D eigenvalue weighted by atomic mass is 16.5. The van der Waals surface area contributed by atoms with Crippen LogP contribution in [0.5, 0.6) is 5.75 Å². The van der Waals surface area contributed by atoms with E-state index in [0.717, 1.165) is 42.3 Å². The number of aromatic nitrogens is 2. The number of nitrogens with zero attached hydrogens (tertiary/aromatic N) is 3. The largest absolute Gasteiger partial charge is 0.492 e. The van der Waals surface area contributed by atoms with Crippen LogP contribution in [0.4, 0.5) is 0 Å². The highest BCUT2D eigenvalue weighted by Crippen LogP contribution is 2.22. The number of nitrogens with one attached hydrogen (secondary N) is 1. The van der Waals surface area contributed by atoms with E-state index < -0.39 is 0 Å². The Morgan fingerprint density at radius 1 is 1.33 bits per heavy atom. The van der Waals surface area contributed by atoms with Crippen LogP contribution in [0, 0.1) is 13.8 Å². The molecule has 2 aromatic rings. The lowest BCUT2D eigenvalue weighted by Gasteiger charge is -2.18. The standard InChI is InChI=1S/C18H24N4O2/c1-14-15(2)22(13-20-14)8-7-19-18(23)12-21-9-10-24-17-6-4-3-5-16(17)11-21/h3-6,13H,7-12H2,1-2H3,(H,19,23). The number of carbonyl (C=O) groups excluding carboxylic acids is 1. The summed E-state index contributed by atoms with van der Waals surface area (Å²) >= 11 is 0. The fourth-order valence-electron chi connectivity index (χ4n) is 2.86. The van der Waals surface area contributed by atoms with Crippen molar-refractivity contribution in [2.75, 3.05) is 26.2 Å². The van der Waals surface area contributed by atoms with Crippen LogP contribution in [0.3, 0.4) is 0 Å². The number of rotatable bonds is 5. The van der Waals surface area contributed by atoms with Gasteiger partial charge in [0.1, 0.15) is 12.4 Å². The molecule has 0 saturated carbocycles. The molecule has 0 saturated heterocycles. The van der Waals surface area contributed by atoms with Gasteiger partial charge in [0, 0.05) is 37.4 Å². The first kappa shape index (κ1) is 16.5. The molecule has 0 unspecified atom stereocenters. The van der Waals surface area contributed by atoms with Crippen molar-refractivity contribution in [1.82, 2.24) is 19.8 Å². The third kappa shape index (κ3) is 3.94. The lowest BCUT2D eigenvalue weighted by molar-refractivity contribution is -0.122. The first-order valence-electron chi connectivity index (χ1n) is 8.31. The van der Waals surface area contributed by atoms with Crippen molar-refractivity contribution in [2.45, 2.75) is 26.9 Å². The van der Waals surface area contributed by atoms with Gasteiger partial charge in [-0.3, -0.25) is 9.69 Å². The Hall–Kier alpha value is -2.34. The van der Waals surface area contributed by atoms with E-state index in [1.807, 2.05) is 38.4 Å². The molecule has 1 aliphatic rings. The van der Waals surface area contributed by atoms with Crippen LogP contribution >= 0.6 is 0 Å². The number of fused-ring (bicyclic) bond motifs is 1. The molecule has 24 heavy (non-hydrogen) atoms. The summed E-state index contributed by atoms with van der Waals surface area (Å²) in [5, 5.41) is 2.99. The summed E-state index contributed by atoms with van der Waals surface area (Å²) in [6, 6.07) is 8.01. The minimum Gasteiger partial charge on any atom is -0.492 e. The number of ether oxygens (including phenoxy) is 1. The number of imidazole rings is 1. The van der Waals surface area contributed by atoms with Gasteiger partial charge in [0.2, 0.25) is 5.91 Å². The Kier molecular flexibility index (Phi) is 5.15. The lowest BCUT2D eigenvalue weighted by atomic mass is 10.2. The molecule has 3 rings (SSSR count). The van der Waals surface area contributed by atoms with Crippen LogP contribution in [0.2, 0.25) is 0 Å². The van der Waals surface area contributed by atoms with Gasteiger partial charge in [-0.1, -0.05) is 18.2 Å². The second-order valence-corrected chi connectivity index (χ2v) is 6.13. The van der Waals surface area contributed by atoms with Gasteiger partial charge in [-0.25, -0.2) is 4.98 Å². The Morgan fingerprint density at radius 3 is 2.96 bits per heavy atom. The maximum absolute atomic E-state index is 12.2. The Morgan fingerprint density at radius 2 is 2.17 bits per heavy atom. The zero-order valence-corrected chi connectivity index (χ0v) is 14.3. The average Bonchev–Trinajstić information content (AvgIpc) is 2.78. The van der Waals surface area contributed by atoms with Crippen molar-refractivity contribution in [3.63, 3.8) is 0 Å². The van der Waals surface area contributed by atoms with Gasteiger partial charge in [-0.15, -0.1) is 0 Å². The minimum absolute atomic E-state index is 0.0453. The number of hydrogen-bond donors (Lipinski definition) is 1. The minimum atomic E-state index is 0.0453. The summed E-state index contributed by atoms with van der Waals surface area (Å²) in [5.41, 5.74) is 3.31. The van der Waals surface area contributed by atoms with E-state index in [1.165, 1.54) is 0 Å². The molecule has 0 aliphatic carbocycles. The quantitative estimate of drug-likeness (QED) is 0.904. The number of carbonyl (C=O) groups is 1. The summed E-state index contributed by atoms with van der Waals surface area (Å²) in [6.45, 7) is 7.87. The van der Waals surface area contributed by atoms with E-state index in [-0.39, 0.29) is 5.91 Å². The Balaban J connectivity index is 1.47. The summed E-state index contributed by atoms with van der Waals surface area (Å²) < 4.78 is 7.79. The zero-order chi connectivity index (χ0) is 16.9. The molecule has 0 radical (unpaired) electrons. The van der Waals surface area contributed by atoms with Gasteiger partial charge in [0.05, 0.1) is 18.6 Å². The fraction of sp³-hybridized carbons (Fsp3) is 0.444. The van der Waals surface area contributed by atoms with Crippen LogP contribution in [-0.4, -0.2) is 46.6 Å². The summed E-state index contributed by atoms with van der Waals surface area (Å²) in [7, 11) is 0. The van der Waals surface area contributed by atoms with Crippen molar-refractivity contribution < 1.29 is 9.53 Å². The molecule has 1 aromatic heterocycles. The highest BCUT2D eigenvalue weighted by molar-refractivity contribution is 5.78. The molecule has 6 nitrogen and oxygen atoms in total. The SMILES string of the molecule is Cc1ncn(CCNC(=O)CN2CCOc3ccccc3C2)c1C. The summed E-state index contributed by atoms with van der Waals surface area (Å²) in [4.78, 5) is 18.6. The third-order valence-electron chi connectivity index (χ3n) is 4.42. The summed E-state index contributed by atoms with van der Waals surface area (Å²) in [6.07, 6.45) is 1.82. The van der Waals surface area contributed by atoms with Crippen molar-refractivity contribution >= 4 is 5.91 Å². The Labute approximate surface area is 142 Å². The zero-order valence-electron chi connectivity index (χ0n) is 14.3. The van der Waals surface area contributed by atoms with E-state index in [9.17, 15) is 4.79 Å². The predicted molar refractivity (Wildman–Crippen MR) is 91.9 cm³/mol. The molecule has 0 bridgehead atoms. The average molecular weight is 328 g/mol. The van der Waals surface area contributed by atoms with Crippen molar-refractivity contribution in [1.29, 1.82) is 0 Å². The van der Waals surface area contributed by atoms with Gasteiger partial charge < -0.3 is 14.6 Å². The highest BCUT2D eigenvalue weighted by Gasteiger charge is 2.17. The molecule has 0 fully saturated rings. The second-order valence-electron chi connectivity index (χ2n) is 6.13. The smallest absolute Gasteiger partial charge is 0.234 e. The topological polar surface area (TPSA) is 59.4 Å². The monoisotopic (exact) mass is 328 g/mol. The van der Waals surface area contributed by atoms with Crippen LogP contribution in [0.25, 0.3) is 0 Å². The molecule has 1 N–H and O–H groups in total. The first-order valence-corrected chi connectivity index (χ1v) is 8.31. The molecule has 1 amide bonds. The molecule has 6 heteroatoms. The van der Waals surface area contributed by atoms with E-state index >= 15 is 0 Å². The number of para-hydroxylation sites is 1. The van der Waals surface area contributed by atoms with Crippen molar-refractivity contribution in [3.8, 4) is 5.75 Å². The molecule has 0 spiro atoms. The Bertz CT molecular complexity index is 711.